The van der Waals surface area contributed by atoms with E-state index in [0.717, 1.165) is 0 Å². The van der Waals surface area contributed by atoms with Crippen LogP contribution in [0.5, 0.6) is 0 Å². The van der Waals surface area contributed by atoms with Crippen LogP contribution in [0.1, 0.15) is 31.4 Å². The summed E-state index contributed by atoms with van der Waals surface area (Å²) in [6, 6.07) is 2.65. The zero-order chi connectivity index (χ0) is 17.1. The molecule has 124 valence electrons. The summed E-state index contributed by atoms with van der Waals surface area (Å²) in [6.45, 7) is 7.11. The quantitative estimate of drug-likeness (QED) is 0.585. The molecule has 1 atom stereocenters. The van der Waals surface area contributed by atoms with Gasteiger partial charge in [-0.25, -0.2) is 13.1 Å². The van der Waals surface area contributed by atoms with Crippen LogP contribution in [-0.4, -0.2) is 25.9 Å². The second-order valence-electron chi connectivity index (χ2n) is 5.82. The molecule has 3 N–H and O–H groups in total. The maximum atomic E-state index is 12.6. The van der Waals surface area contributed by atoms with Gasteiger partial charge in [-0.1, -0.05) is 26.0 Å². The minimum atomic E-state index is -4.02. The molecule has 22 heavy (non-hydrogen) atoms. The maximum Gasteiger partial charge on any atom is 0.292 e. The average molecular weight is 329 g/mol. The zero-order valence-electron chi connectivity index (χ0n) is 13.3. The van der Waals surface area contributed by atoms with Crippen molar-refractivity contribution in [2.75, 3.05) is 6.54 Å². The number of nitro groups is 1. The van der Waals surface area contributed by atoms with E-state index in [1.165, 1.54) is 6.92 Å². The van der Waals surface area contributed by atoms with Gasteiger partial charge in [0, 0.05) is 18.2 Å². The van der Waals surface area contributed by atoms with Gasteiger partial charge in [0.25, 0.3) is 5.69 Å². The molecule has 0 aliphatic rings. The molecule has 1 rings (SSSR count). The normalized spacial score (nSPS) is 13.4. The van der Waals surface area contributed by atoms with Crippen molar-refractivity contribution < 1.29 is 13.3 Å². The van der Waals surface area contributed by atoms with Crippen molar-refractivity contribution in [3.05, 3.63) is 33.4 Å². The molecule has 8 heteroatoms. The van der Waals surface area contributed by atoms with Crippen LogP contribution in [0, 0.1) is 29.9 Å². The van der Waals surface area contributed by atoms with E-state index in [1.54, 1.807) is 19.1 Å². The van der Waals surface area contributed by atoms with Gasteiger partial charge in [-0.3, -0.25) is 10.1 Å². The summed E-state index contributed by atoms with van der Waals surface area (Å²) in [5.74, 6) is 0.254. The van der Waals surface area contributed by atoms with E-state index >= 15 is 0 Å². The summed E-state index contributed by atoms with van der Waals surface area (Å²) >= 11 is 0. The number of nitro benzene ring substituents is 1. The van der Waals surface area contributed by atoms with Gasteiger partial charge in [0.05, 0.1) is 4.92 Å². The highest BCUT2D eigenvalue weighted by Crippen LogP contribution is 2.30. The van der Waals surface area contributed by atoms with E-state index in [-0.39, 0.29) is 23.0 Å². The third kappa shape index (κ3) is 4.25. The first kappa shape index (κ1) is 18.5. The van der Waals surface area contributed by atoms with Crippen LogP contribution in [0.4, 0.5) is 5.69 Å². The molecular weight excluding hydrogens is 306 g/mol. The lowest BCUT2D eigenvalue weighted by Gasteiger charge is -2.19. The molecule has 7 nitrogen and oxygen atoms in total. The lowest BCUT2D eigenvalue weighted by Crippen LogP contribution is -2.41. The molecule has 0 bridgehead atoms. The zero-order valence-corrected chi connectivity index (χ0v) is 14.1. The van der Waals surface area contributed by atoms with E-state index in [0.29, 0.717) is 17.5 Å². The number of hydrogen-bond acceptors (Lipinski definition) is 5. The van der Waals surface area contributed by atoms with Crippen LogP contribution in [-0.2, 0) is 10.0 Å². The van der Waals surface area contributed by atoms with E-state index in [4.69, 9.17) is 5.73 Å². The number of nitrogens with one attached hydrogen (secondary N) is 1. The van der Waals surface area contributed by atoms with Crippen LogP contribution >= 0.6 is 0 Å². The van der Waals surface area contributed by atoms with Crippen LogP contribution in [0.25, 0.3) is 0 Å². The maximum absolute atomic E-state index is 12.6. The minimum Gasteiger partial charge on any atom is -0.329 e. The molecule has 0 spiro atoms. The first-order chi connectivity index (χ1) is 10.1. The van der Waals surface area contributed by atoms with Crippen molar-refractivity contribution in [1.82, 2.24) is 4.72 Å². The number of sulfonamides is 1. The van der Waals surface area contributed by atoms with Crippen LogP contribution in [0.2, 0.25) is 0 Å². The third-order valence-corrected chi connectivity index (χ3v) is 5.04. The Morgan fingerprint density at radius 2 is 1.82 bits per heavy atom. The summed E-state index contributed by atoms with van der Waals surface area (Å²) in [7, 11) is -4.02. The van der Waals surface area contributed by atoms with Gasteiger partial charge in [0.15, 0.2) is 4.90 Å². The Morgan fingerprint density at radius 3 is 2.27 bits per heavy atom. The Morgan fingerprint density at radius 1 is 1.27 bits per heavy atom. The summed E-state index contributed by atoms with van der Waals surface area (Å²) in [5.41, 5.74) is 5.88. The van der Waals surface area contributed by atoms with E-state index < -0.39 is 21.0 Å². The number of hydrogen-bond donors (Lipinski definition) is 2. The van der Waals surface area contributed by atoms with Gasteiger partial charge in [-0.2, -0.15) is 0 Å². The molecule has 0 aliphatic heterocycles. The third-order valence-electron chi connectivity index (χ3n) is 3.34. The van der Waals surface area contributed by atoms with Crippen molar-refractivity contribution in [2.24, 2.45) is 11.7 Å². The number of benzene rings is 1. The molecule has 0 saturated heterocycles. The Hall–Kier alpha value is -1.51. The van der Waals surface area contributed by atoms with Crippen molar-refractivity contribution >= 4 is 15.7 Å². The van der Waals surface area contributed by atoms with Gasteiger partial charge < -0.3 is 5.73 Å². The highest BCUT2D eigenvalue weighted by atomic mass is 32.2. The van der Waals surface area contributed by atoms with Gasteiger partial charge in [-0.05, 0) is 31.7 Å². The molecule has 0 amide bonds. The van der Waals surface area contributed by atoms with Gasteiger partial charge in [0.2, 0.25) is 10.0 Å². The van der Waals surface area contributed by atoms with E-state index in [9.17, 15) is 18.5 Å². The first-order valence-electron chi connectivity index (χ1n) is 7.07. The molecule has 0 aromatic heterocycles. The van der Waals surface area contributed by atoms with Crippen molar-refractivity contribution in [1.29, 1.82) is 0 Å². The highest BCUT2D eigenvalue weighted by molar-refractivity contribution is 7.89. The fraction of sp³-hybridized carbons (Fsp3) is 0.571. The van der Waals surface area contributed by atoms with Gasteiger partial charge in [-0.15, -0.1) is 0 Å². The number of nitrogens with two attached hydrogens (primary N) is 1. The van der Waals surface area contributed by atoms with E-state index in [2.05, 4.69) is 4.72 Å². The molecule has 0 aliphatic carbocycles. The van der Waals surface area contributed by atoms with Crippen molar-refractivity contribution in [2.45, 2.75) is 45.1 Å². The number of nitrogens with zero attached hydrogens (tertiary/aromatic N) is 1. The van der Waals surface area contributed by atoms with Crippen LogP contribution in [0.3, 0.4) is 0 Å². The molecule has 0 fully saturated rings. The minimum absolute atomic E-state index is 0.135. The van der Waals surface area contributed by atoms with Gasteiger partial charge in [0.1, 0.15) is 0 Å². The van der Waals surface area contributed by atoms with Crippen LogP contribution < -0.4 is 10.5 Å². The Labute approximate surface area is 131 Å². The second-order valence-corrected chi connectivity index (χ2v) is 7.47. The SMILES string of the molecule is Cc1ccc(C)c(S(=O)(=O)NC(CN)CC(C)C)c1[N+](=O)[O-]. The molecule has 1 unspecified atom stereocenters. The molecule has 0 radical (unpaired) electrons. The summed E-state index contributed by atoms with van der Waals surface area (Å²) in [5, 5.41) is 11.3. The van der Waals surface area contributed by atoms with Gasteiger partial charge >= 0.3 is 0 Å². The predicted octanol–water partition coefficient (Wildman–Crippen LogP) is 1.86. The van der Waals surface area contributed by atoms with Crippen molar-refractivity contribution in [3.8, 4) is 0 Å². The smallest absolute Gasteiger partial charge is 0.292 e. The fourth-order valence-corrected chi connectivity index (χ4v) is 4.11. The molecule has 1 aromatic rings. The molecule has 1 aromatic carbocycles. The monoisotopic (exact) mass is 329 g/mol. The average Bonchev–Trinajstić information content (AvgIpc) is 2.38. The van der Waals surface area contributed by atoms with Crippen molar-refractivity contribution in [3.63, 3.8) is 0 Å². The largest absolute Gasteiger partial charge is 0.329 e. The highest BCUT2D eigenvalue weighted by Gasteiger charge is 2.31. The standard InChI is InChI=1S/C14H23N3O4S/c1-9(2)7-12(8-15)16-22(20,21)14-11(4)6-5-10(3)13(14)17(18)19/h5-6,9,12,16H,7-8,15H2,1-4H3. The lowest BCUT2D eigenvalue weighted by molar-refractivity contribution is -0.388. The number of aryl methyl sites for hydroxylation is 2. The molecule has 0 heterocycles. The second kappa shape index (κ2) is 7.17. The first-order valence-corrected chi connectivity index (χ1v) is 8.55. The lowest BCUT2D eigenvalue weighted by atomic mass is 10.1. The topological polar surface area (TPSA) is 115 Å². The summed E-state index contributed by atoms with van der Waals surface area (Å²) < 4.78 is 27.7. The predicted molar refractivity (Wildman–Crippen MR) is 85.2 cm³/mol. The molecular formula is C14H23N3O4S. The Balaban J connectivity index is 3.34. The fourth-order valence-electron chi connectivity index (χ4n) is 2.38. The summed E-state index contributed by atoms with van der Waals surface area (Å²) in [4.78, 5) is 10.3. The summed E-state index contributed by atoms with van der Waals surface area (Å²) in [6.07, 6.45) is 0.564. The van der Waals surface area contributed by atoms with E-state index in [1.807, 2.05) is 13.8 Å². The number of rotatable bonds is 7. The molecule has 0 saturated carbocycles. The Bertz CT molecular complexity index is 656. The van der Waals surface area contributed by atoms with Crippen LogP contribution in [0.15, 0.2) is 17.0 Å². The Kier molecular flexibility index (Phi) is 6.04.